The lowest BCUT2D eigenvalue weighted by Gasteiger charge is -2.09. The molecule has 4 aromatic rings. The molecule has 0 radical (unpaired) electrons. The van der Waals surface area contributed by atoms with Gasteiger partial charge in [-0.15, -0.1) is 0 Å². The standard InChI is InChI=1S/C23H15F3N4O/c1-14-2-5-17(22(31)30-21-12-18(8-9-27-21)23(24,25)26)11-16(14)6-3-15-4-7-19-20(10-15)29-13-28-19/h2,4-5,7-13H,1H3,(H,28,29)(H,27,30,31). The van der Waals surface area contributed by atoms with Gasteiger partial charge in [0.1, 0.15) is 5.82 Å². The van der Waals surface area contributed by atoms with Crippen molar-refractivity contribution in [3.63, 3.8) is 0 Å². The predicted molar refractivity (Wildman–Crippen MR) is 110 cm³/mol. The number of imidazole rings is 1. The molecule has 0 atom stereocenters. The summed E-state index contributed by atoms with van der Waals surface area (Å²) >= 11 is 0. The van der Waals surface area contributed by atoms with Gasteiger partial charge in [0, 0.05) is 22.9 Å². The normalized spacial score (nSPS) is 11.1. The van der Waals surface area contributed by atoms with E-state index in [4.69, 9.17) is 0 Å². The van der Waals surface area contributed by atoms with Crippen molar-refractivity contribution in [3.05, 3.63) is 88.9 Å². The number of carbonyl (C=O) groups excluding carboxylic acids is 1. The SMILES string of the molecule is Cc1ccc(C(=O)Nc2cc(C(F)(F)F)ccn2)cc1C#Cc1ccc2nc[nH]c2c1. The van der Waals surface area contributed by atoms with Crippen LogP contribution in [-0.2, 0) is 6.18 Å². The monoisotopic (exact) mass is 420 g/mol. The molecule has 2 aromatic heterocycles. The van der Waals surface area contributed by atoms with Crippen LogP contribution in [0.3, 0.4) is 0 Å². The number of halogens is 3. The predicted octanol–water partition coefficient (Wildman–Crippen LogP) is 4.94. The van der Waals surface area contributed by atoms with E-state index in [0.29, 0.717) is 5.56 Å². The van der Waals surface area contributed by atoms with Crippen molar-refractivity contribution < 1.29 is 18.0 Å². The van der Waals surface area contributed by atoms with Crippen LogP contribution in [0.1, 0.15) is 32.6 Å². The van der Waals surface area contributed by atoms with Crippen molar-refractivity contribution in [2.75, 3.05) is 5.32 Å². The van der Waals surface area contributed by atoms with E-state index in [2.05, 4.69) is 32.1 Å². The van der Waals surface area contributed by atoms with Crippen LogP contribution in [0.2, 0.25) is 0 Å². The summed E-state index contributed by atoms with van der Waals surface area (Å²) in [5, 5.41) is 2.40. The molecular formula is C23H15F3N4O. The molecule has 0 saturated heterocycles. The maximum absolute atomic E-state index is 12.9. The van der Waals surface area contributed by atoms with Crippen LogP contribution in [-0.4, -0.2) is 20.9 Å². The van der Waals surface area contributed by atoms with Gasteiger partial charge >= 0.3 is 6.18 Å². The number of hydrogen-bond acceptors (Lipinski definition) is 3. The van der Waals surface area contributed by atoms with E-state index in [1.807, 2.05) is 25.1 Å². The number of aromatic nitrogens is 3. The fourth-order valence-electron chi connectivity index (χ4n) is 2.91. The van der Waals surface area contributed by atoms with Crippen molar-refractivity contribution in [2.24, 2.45) is 0 Å². The minimum absolute atomic E-state index is 0.180. The molecule has 0 bridgehead atoms. The Morgan fingerprint density at radius 2 is 1.87 bits per heavy atom. The summed E-state index contributed by atoms with van der Waals surface area (Å²) in [6, 6.07) is 12.1. The third kappa shape index (κ3) is 4.56. The first-order chi connectivity index (χ1) is 14.8. The first-order valence-corrected chi connectivity index (χ1v) is 9.20. The fourth-order valence-corrected chi connectivity index (χ4v) is 2.91. The number of fused-ring (bicyclic) bond motifs is 1. The minimum Gasteiger partial charge on any atom is -0.345 e. The van der Waals surface area contributed by atoms with Gasteiger partial charge in [0.05, 0.1) is 22.9 Å². The number of aromatic amines is 1. The Labute approximate surface area is 175 Å². The van der Waals surface area contributed by atoms with Crippen molar-refractivity contribution >= 4 is 22.8 Å². The first kappa shape index (κ1) is 20.2. The van der Waals surface area contributed by atoms with E-state index in [1.54, 1.807) is 24.5 Å². The molecule has 0 aliphatic rings. The molecule has 1 amide bonds. The number of alkyl halides is 3. The Balaban J connectivity index is 1.57. The summed E-state index contributed by atoms with van der Waals surface area (Å²) in [6.07, 6.45) is -1.91. The summed E-state index contributed by atoms with van der Waals surface area (Å²) in [4.78, 5) is 23.5. The van der Waals surface area contributed by atoms with Gasteiger partial charge in [0.2, 0.25) is 0 Å². The number of nitrogens with zero attached hydrogens (tertiary/aromatic N) is 2. The maximum atomic E-state index is 12.9. The largest absolute Gasteiger partial charge is 0.416 e. The molecule has 31 heavy (non-hydrogen) atoms. The average molecular weight is 420 g/mol. The highest BCUT2D eigenvalue weighted by atomic mass is 19.4. The molecule has 0 saturated carbocycles. The molecule has 0 spiro atoms. The number of aryl methyl sites for hydroxylation is 1. The van der Waals surface area contributed by atoms with Gasteiger partial charge in [-0.2, -0.15) is 13.2 Å². The van der Waals surface area contributed by atoms with Crippen molar-refractivity contribution in [1.82, 2.24) is 15.0 Å². The lowest BCUT2D eigenvalue weighted by atomic mass is 10.0. The van der Waals surface area contributed by atoms with Crippen LogP contribution in [0.4, 0.5) is 19.0 Å². The van der Waals surface area contributed by atoms with E-state index >= 15 is 0 Å². The second-order valence-electron chi connectivity index (χ2n) is 6.80. The molecule has 0 unspecified atom stereocenters. The Morgan fingerprint density at radius 1 is 1.03 bits per heavy atom. The zero-order valence-electron chi connectivity index (χ0n) is 16.2. The third-order valence-electron chi connectivity index (χ3n) is 4.59. The van der Waals surface area contributed by atoms with Crippen LogP contribution < -0.4 is 5.32 Å². The Kier molecular flexibility index (Phi) is 5.17. The molecular weight excluding hydrogens is 405 g/mol. The van der Waals surface area contributed by atoms with Gasteiger partial charge in [0.25, 0.3) is 5.91 Å². The Morgan fingerprint density at radius 3 is 2.68 bits per heavy atom. The van der Waals surface area contributed by atoms with Gasteiger partial charge in [-0.1, -0.05) is 17.9 Å². The quantitative estimate of drug-likeness (QED) is 0.452. The van der Waals surface area contributed by atoms with E-state index in [0.717, 1.165) is 40.5 Å². The lowest BCUT2D eigenvalue weighted by Crippen LogP contribution is -2.14. The van der Waals surface area contributed by atoms with E-state index in [-0.39, 0.29) is 11.4 Å². The van der Waals surface area contributed by atoms with E-state index in [1.165, 1.54) is 0 Å². The number of hydrogen-bond donors (Lipinski definition) is 2. The molecule has 2 aromatic carbocycles. The Hall–Kier alpha value is -4.12. The molecule has 2 N–H and O–H groups in total. The van der Waals surface area contributed by atoms with Gasteiger partial charge in [-0.25, -0.2) is 9.97 Å². The second-order valence-corrected chi connectivity index (χ2v) is 6.80. The maximum Gasteiger partial charge on any atom is 0.416 e. The summed E-state index contributed by atoms with van der Waals surface area (Å²) in [5.74, 6) is 5.35. The number of pyridine rings is 1. The smallest absolute Gasteiger partial charge is 0.345 e. The van der Waals surface area contributed by atoms with Crippen LogP contribution in [0.25, 0.3) is 11.0 Å². The fraction of sp³-hybridized carbons (Fsp3) is 0.0870. The number of carbonyl (C=O) groups is 1. The van der Waals surface area contributed by atoms with Crippen molar-refractivity contribution in [2.45, 2.75) is 13.1 Å². The third-order valence-corrected chi connectivity index (χ3v) is 4.59. The lowest BCUT2D eigenvalue weighted by molar-refractivity contribution is -0.137. The highest BCUT2D eigenvalue weighted by Gasteiger charge is 2.30. The molecule has 0 aliphatic heterocycles. The minimum atomic E-state index is -4.52. The van der Waals surface area contributed by atoms with Gasteiger partial charge in [0.15, 0.2) is 0 Å². The van der Waals surface area contributed by atoms with Gasteiger partial charge < -0.3 is 10.3 Å². The van der Waals surface area contributed by atoms with E-state index in [9.17, 15) is 18.0 Å². The van der Waals surface area contributed by atoms with Crippen LogP contribution in [0.5, 0.6) is 0 Å². The van der Waals surface area contributed by atoms with Gasteiger partial charge in [-0.3, -0.25) is 4.79 Å². The number of nitrogens with one attached hydrogen (secondary N) is 2. The molecule has 0 aliphatic carbocycles. The summed E-state index contributed by atoms with van der Waals surface area (Å²) in [6.45, 7) is 1.86. The summed E-state index contributed by atoms with van der Waals surface area (Å²) in [5.41, 5.74) is 3.35. The van der Waals surface area contributed by atoms with Crippen molar-refractivity contribution in [1.29, 1.82) is 0 Å². The number of amides is 1. The average Bonchev–Trinajstić information content (AvgIpc) is 3.20. The first-order valence-electron chi connectivity index (χ1n) is 9.20. The zero-order valence-corrected chi connectivity index (χ0v) is 16.2. The van der Waals surface area contributed by atoms with Crippen LogP contribution >= 0.6 is 0 Å². The highest BCUT2D eigenvalue weighted by Crippen LogP contribution is 2.30. The van der Waals surface area contributed by atoms with E-state index < -0.39 is 17.6 Å². The molecule has 154 valence electrons. The molecule has 5 nitrogen and oxygen atoms in total. The Bertz CT molecular complexity index is 1350. The van der Waals surface area contributed by atoms with Crippen LogP contribution in [0.15, 0.2) is 61.1 Å². The summed E-state index contributed by atoms with van der Waals surface area (Å²) < 4.78 is 38.6. The summed E-state index contributed by atoms with van der Waals surface area (Å²) in [7, 11) is 0. The second kappa shape index (κ2) is 7.95. The van der Waals surface area contributed by atoms with Crippen LogP contribution in [0, 0.1) is 18.8 Å². The highest BCUT2D eigenvalue weighted by molar-refractivity contribution is 6.04. The topological polar surface area (TPSA) is 70.7 Å². The molecule has 8 heteroatoms. The van der Waals surface area contributed by atoms with Gasteiger partial charge in [-0.05, 0) is 55.0 Å². The number of benzene rings is 2. The molecule has 2 heterocycles. The molecule has 0 fully saturated rings. The zero-order chi connectivity index (χ0) is 22.0. The number of anilines is 1. The van der Waals surface area contributed by atoms with Crippen molar-refractivity contribution in [3.8, 4) is 11.8 Å². The number of H-pyrrole nitrogens is 1. The number of rotatable bonds is 2. The molecule has 4 rings (SSSR count).